The molecular formula is C21H26N2O2. The van der Waals surface area contributed by atoms with Gasteiger partial charge in [0.1, 0.15) is 5.75 Å². The van der Waals surface area contributed by atoms with Crippen LogP contribution in [0.1, 0.15) is 49.8 Å². The quantitative estimate of drug-likeness (QED) is 0.887. The van der Waals surface area contributed by atoms with Crippen LogP contribution in [0.5, 0.6) is 5.75 Å². The van der Waals surface area contributed by atoms with Crippen LogP contribution in [0.25, 0.3) is 0 Å². The molecule has 2 aromatic rings. The number of aromatic hydroxyl groups is 1. The number of carbonyl (C=O) groups is 1. The van der Waals surface area contributed by atoms with Gasteiger partial charge >= 0.3 is 0 Å². The van der Waals surface area contributed by atoms with Crippen LogP contribution in [-0.2, 0) is 4.79 Å². The molecule has 25 heavy (non-hydrogen) atoms. The number of hydrogen-bond acceptors (Lipinski definition) is 3. The summed E-state index contributed by atoms with van der Waals surface area (Å²) in [7, 11) is 0. The lowest BCUT2D eigenvalue weighted by molar-refractivity contribution is -0.119. The predicted molar refractivity (Wildman–Crippen MR) is 101 cm³/mol. The smallest absolute Gasteiger partial charge is 0.217 e. The summed E-state index contributed by atoms with van der Waals surface area (Å²) < 4.78 is 0. The van der Waals surface area contributed by atoms with Gasteiger partial charge in [-0.3, -0.25) is 4.79 Å². The average Bonchev–Trinajstić information content (AvgIpc) is 2.62. The average molecular weight is 338 g/mol. The minimum Gasteiger partial charge on any atom is -0.508 e. The first-order chi connectivity index (χ1) is 12.0. The van der Waals surface area contributed by atoms with Gasteiger partial charge < -0.3 is 15.3 Å². The van der Waals surface area contributed by atoms with E-state index < -0.39 is 0 Å². The van der Waals surface area contributed by atoms with Crippen molar-refractivity contribution in [3.63, 3.8) is 0 Å². The Morgan fingerprint density at radius 3 is 2.24 bits per heavy atom. The van der Waals surface area contributed by atoms with Crippen LogP contribution in [0.4, 0.5) is 5.69 Å². The first-order valence-corrected chi connectivity index (χ1v) is 8.94. The molecule has 0 aromatic heterocycles. The van der Waals surface area contributed by atoms with E-state index in [1.165, 1.54) is 11.3 Å². The molecule has 1 amide bonds. The molecule has 0 radical (unpaired) electrons. The van der Waals surface area contributed by atoms with Crippen LogP contribution in [0.3, 0.4) is 0 Å². The van der Waals surface area contributed by atoms with Gasteiger partial charge in [0, 0.05) is 25.7 Å². The molecule has 1 unspecified atom stereocenters. The SMILES string of the molecule is CC(=O)NC(C)c1ccc(C2CCN(c3ccc(O)cc3)CC2)cc1. The maximum Gasteiger partial charge on any atom is 0.217 e. The second-order valence-electron chi connectivity index (χ2n) is 6.87. The van der Waals surface area contributed by atoms with Gasteiger partial charge in [0.15, 0.2) is 0 Å². The van der Waals surface area contributed by atoms with Crippen molar-refractivity contribution in [2.45, 2.75) is 38.6 Å². The summed E-state index contributed by atoms with van der Waals surface area (Å²) in [6, 6.07) is 16.2. The molecule has 1 saturated heterocycles. The van der Waals surface area contributed by atoms with E-state index in [0.29, 0.717) is 11.7 Å². The monoisotopic (exact) mass is 338 g/mol. The number of carbonyl (C=O) groups excluding carboxylic acids is 1. The summed E-state index contributed by atoms with van der Waals surface area (Å²) in [5.41, 5.74) is 3.69. The molecule has 0 spiro atoms. The molecule has 2 aromatic carbocycles. The Morgan fingerprint density at radius 1 is 1.08 bits per heavy atom. The molecule has 1 atom stereocenters. The fraction of sp³-hybridized carbons (Fsp3) is 0.381. The van der Waals surface area contributed by atoms with Gasteiger partial charge in [0.2, 0.25) is 5.91 Å². The lowest BCUT2D eigenvalue weighted by Gasteiger charge is -2.34. The third-order valence-corrected chi connectivity index (χ3v) is 5.04. The highest BCUT2D eigenvalue weighted by atomic mass is 16.3. The summed E-state index contributed by atoms with van der Waals surface area (Å²) >= 11 is 0. The molecule has 0 saturated carbocycles. The molecule has 0 bridgehead atoms. The fourth-order valence-electron chi connectivity index (χ4n) is 3.58. The number of amides is 1. The van der Waals surface area contributed by atoms with Crippen molar-refractivity contribution in [1.29, 1.82) is 0 Å². The molecule has 132 valence electrons. The van der Waals surface area contributed by atoms with Crippen LogP contribution >= 0.6 is 0 Å². The van der Waals surface area contributed by atoms with Crippen LogP contribution in [0.2, 0.25) is 0 Å². The zero-order chi connectivity index (χ0) is 17.8. The fourth-order valence-corrected chi connectivity index (χ4v) is 3.58. The van der Waals surface area contributed by atoms with E-state index in [4.69, 9.17) is 0 Å². The number of anilines is 1. The van der Waals surface area contributed by atoms with Crippen LogP contribution in [-0.4, -0.2) is 24.1 Å². The largest absolute Gasteiger partial charge is 0.508 e. The predicted octanol–water partition coefficient (Wildman–Crippen LogP) is 3.97. The van der Waals surface area contributed by atoms with Crippen molar-refractivity contribution < 1.29 is 9.90 Å². The first kappa shape index (κ1) is 17.3. The molecule has 3 rings (SSSR count). The van der Waals surface area contributed by atoms with Gasteiger partial charge in [0.05, 0.1) is 6.04 Å². The first-order valence-electron chi connectivity index (χ1n) is 8.94. The summed E-state index contributed by atoms with van der Waals surface area (Å²) in [6.45, 7) is 5.61. The maximum atomic E-state index is 11.2. The van der Waals surface area contributed by atoms with E-state index >= 15 is 0 Å². The third-order valence-electron chi connectivity index (χ3n) is 5.04. The minimum absolute atomic E-state index is 0.00169. The highest BCUT2D eigenvalue weighted by Gasteiger charge is 2.21. The Morgan fingerprint density at radius 2 is 1.68 bits per heavy atom. The van der Waals surface area contributed by atoms with Gasteiger partial charge in [0.25, 0.3) is 0 Å². The summed E-state index contributed by atoms with van der Waals surface area (Å²) in [6.07, 6.45) is 2.25. The molecule has 4 heteroatoms. The Kier molecular flexibility index (Phi) is 5.27. The topological polar surface area (TPSA) is 52.6 Å². The summed E-state index contributed by atoms with van der Waals surface area (Å²) in [4.78, 5) is 13.6. The molecule has 0 aliphatic carbocycles. The normalized spacial score (nSPS) is 16.5. The van der Waals surface area contributed by atoms with E-state index in [1.54, 1.807) is 19.1 Å². The Hall–Kier alpha value is -2.49. The highest BCUT2D eigenvalue weighted by Crippen LogP contribution is 2.31. The van der Waals surface area contributed by atoms with Gasteiger partial charge in [-0.05, 0) is 61.1 Å². The molecule has 1 fully saturated rings. The Balaban J connectivity index is 1.59. The van der Waals surface area contributed by atoms with Crippen molar-refractivity contribution in [2.75, 3.05) is 18.0 Å². The Bertz CT molecular complexity index is 702. The summed E-state index contributed by atoms with van der Waals surface area (Å²) in [5, 5.41) is 12.3. The number of phenols is 1. The second kappa shape index (κ2) is 7.60. The van der Waals surface area contributed by atoms with Gasteiger partial charge in [-0.25, -0.2) is 0 Å². The highest BCUT2D eigenvalue weighted by molar-refractivity contribution is 5.73. The minimum atomic E-state index is -0.00169. The van der Waals surface area contributed by atoms with E-state index in [-0.39, 0.29) is 11.9 Å². The number of rotatable bonds is 4. The second-order valence-corrected chi connectivity index (χ2v) is 6.87. The van der Waals surface area contributed by atoms with E-state index in [2.05, 4.69) is 34.5 Å². The van der Waals surface area contributed by atoms with E-state index in [1.807, 2.05) is 19.1 Å². The van der Waals surface area contributed by atoms with Crippen LogP contribution in [0.15, 0.2) is 48.5 Å². The molecular weight excluding hydrogens is 312 g/mol. The third kappa shape index (κ3) is 4.32. The molecule has 4 nitrogen and oxygen atoms in total. The van der Waals surface area contributed by atoms with Crippen LogP contribution in [0, 0.1) is 0 Å². The lowest BCUT2D eigenvalue weighted by Crippen LogP contribution is -2.32. The number of benzene rings is 2. The van der Waals surface area contributed by atoms with Crippen molar-refractivity contribution in [3.05, 3.63) is 59.7 Å². The molecule has 1 heterocycles. The molecule has 2 N–H and O–H groups in total. The van der Waals surface area contributed by atoms with Crippen molar-refractivity contribution >= 4 is 11.6 Å². The zero-order valence-electron chi connectivity index (χ0n) is 14.9. The number of nitrogens with one attached hydrogen (secondary N) is 1. The van der Waals surface area contributed by atoms with Crippen LogP contribution < -0.4 is 10.2 Å². The summed E-state index contributed by atoms with van der Waals surface area (Å²) in [5.74, 6) is 0.892. The number of nitrogens with zero attached hydrogens (tertiary/aromatic N) is 1. The Labute approximate surface area is 149 Å². The van der Waals surface area contributed by atoms with Gasteiger partial charge in [-0.15, -0.1) is 0 Å². The standard InChI is InChI=1S/C21H26N2O2/c1-15(22-16(2)24)17-3-5-18(6-4-17)19-11-13-23(14-12-19)20-7-9-21(25)10-8-20/h3-10,15,19,25H,11-14H2,1-2H3,(H,22,24). The lowest BCUT2D eigenvalue weighted by atomic mass is 9.88. The van der Waals surface area contributed by atoms with E-state index in [0.717, 1.165) is 31.5 Å². The van der Waals surface area contributed by atoms with Crippen molar-refractivity contribution in [2.24, 2.45) is 0 Å². The number of piperidine rings is 1. The van der Waals surface area contributed by atoms with Gasteiger partial charge in [-0.2, -0.15) is 0 Å². The van der Waals surface area contributed by atoms with E-state index in [9.17, 15) is 9.90 Å². The van der Waals surface area contributed by atoms with Gasteiger partial charge in [-0.1, -0.05) is 24.3 Å². The van der Waals surface area contributed by atoms with Crippen molar-refractivity contribution in [1.82, 2.24) is 5.32 Å². The number of hydrogen-bond donors (Lipinski definition) is 2. The molecule has 1 aliphatic heterocycles. The van der Waals surface area contributed by atoms with Crippen molar-refractivity contribution in [3.8, 4) is 5.75 Å². The molecule has 1 aliphatic rings. The zero-order valence-corrected chi connectivity index (χ0v) is 14.9. The maximum absolute atomic E-state index is 11.2. The number of phenolic OH excluding ortho intramolecular Hbond substituents is 1.